The van der Waals surface area contributed by atoms with Crippen LogP contribution in [0.15, 0.2) is 36.4 Å². The zero-order valence-corrected chi connectivity index (χ0v) is 10.6. The van der Waals surface area contributed by atoms with Gasteiger partial charge < -0.3 is 9.47 Å². The minimum Gasteiger partial charge on any atom is -0.454 e. The number of hydrogen-bond acceptors (Lipinski definition) is 3. The van der Waals surface area contributed by atoms with E-state index < -0.39 is 11.7 Å². The number of hydrogen-bond donors (Lipinski definition) is 0. The lowest BCUT2D eigenvalue weighted by atomic mass is 9.98. The molecule has 0 bridgehead atoms. The molecule has 0 saturated heterocycles. The number of rotatable bonds is 2. The number of benzene rings is 2. The van der Waals surface area contributed by atoms with Crippen molar-refractivity contribution in [1.82, 2.24) is 0 Å². The summed E-state index contributed by atoms with van der Waals surface area (Å²) in [5.74, 6) is 0.820. The summed E-state index contributed by atoms with van der Waals surface area (Å²) in [5.41, 5.74) is 0.152. The SMILES string of the molecule is O=Cc1cc2c(cc1-c1cccc(C(F)(F)F)c1)OCO2. The molecular formula is C15H9F3O3. The van der Waals surface area contributed by atoms with Crippen molar-refractivity contribution in [2.75, 3.05) is 6.79 Å². The first-order valence-corrected chi connectivity index (χ1v) is 6.05. The van der Waals surface area contributed by atoms with E-state index in [1.807, 2.05) is 0 Å². The molecular weight excluding hydrogens is 285 g/mol. The first-order valence-electron chi connectivity index (χ1n) is 6.05. The van der Waals surface area contributed by atoms with Gasteiger partial charge in [0, 0.05) is 5.56 Å². The first-order chi connectivity index (χ1) is 9.99. The van der Waals surface area contributed by atoms with E-state index in [4.69, 9.17) is 9.47 Å². The molecule has 0 N–H and O–H groups in total. The van der Waals surface area contributed by atoms with Crippen LogP contribution >= 0.6 is 0 Å². The van der Waals surface area contributed by atoms with Gasteiger partial charge in [-0.1, -0.05) is 12.1 Å². The third-order valence-corrected chi connectivity index (χ3v) is 3.17. The largest absolute Gasteiger partial charge is 0.454 e. The van der Waals surface area contributed by atoms with E-state index in [1.165, 1.54) is 24.3 Å². The monoisotopic (exact) mass is 294 g/mol. The molecule has 1 heterocycles. The molecule has 1 aliphatic heterocycles. The lowest BCUT2D eigenvalue weighted by molar-refractivity contribution is -0.137. The van der Waals surface area contributed by atoms with Gasteiger partial charge in [-0.05, 0) is 35.4 Å². The zero-order valence-electron chi connectivity index (χ0n) is 10.6. The number of aldehydes is 1. The normalized spacial score (nSPS) is 13.3. The number of carbonyl (C=O) groups is 1. The molecule has 108 valence electrons. The number of fused-ring (bicyclic) bond motifs is 1. The van der Waals surface area contributed by atoms with Crippen LogP contribution in [0.2, 0.25) is 0 Å². The van der Waals surface area contributed by atoms with Crippen LogP contribution in [-0.2, 0) is 6.18 Å². The Labute approximate surface area is 117 Å². The third kappa shape index (κ3) is 2.44. The fourth-order valence-electron chi connectivity index (χ4n) is 2.17. The standard InChI is InChI=1S/C15H9F3O3/c16-15(17,18)11-3-1-2-9(4-11)12-6-14-13(20-8-21-14)5-10(12)7-19/h1-7H,8H2. The van der Waals surface area contributed by atoms with Gasteiger partial charge in [0.15, 0.2) is 17.8 Å². The smallest absolute Gasteiger partial charge is 0.416 e. The van der Waals surface area contributed by atoms with Crippen LogP contribution in [0.4, 0.5) is 13.2 Å². The van der Waals surface area contributed by atoms with Crippen LogP contribution < -0.4 is 9.47 Å². The summed E-state index contributed by atoms with van der Waals surface area (Å²) in [7, 11) is 0. The van der Waals surface area contributed by atoms with Gasteiger partial charge >= 0.3 is 6.18 Å². The predicted molar refractivity (Wildman–Crippen MR) is 68.4 cm³/mol. The number of ether oxygens (including phenoxy) is 2. The summed E-state index contributed by atoms with van der Waals surface area (Å²) < 4.78 is 48.7. The van der Waals surface area contributed by atoms with E-state index >= 15 is 0 Å². The van der Waals surface area contributed by atoms with Crippen molar-refractivity contribution in [3.05, 3.63) is 47.5 Å². The maximum absolute atomic E-state index is 12.8. The lowest BCUT2D eigenvalue weighted by Crippen LogP contribution is -2.04. The molecule has 0 unspecified atom stereocenters. The van der Waals surface area contributed by atoms with Crippen LogP contribution in [0.25, 0.3) is 11.1 Å². The van der Waals surface area contributed by atoms with E-state index in [2.05, 4.69) is 0 Å². The number of carbonyl (C=O) groups excluding carboxylic acids is 1. The average molecular weight is 294 g/mol. The van der Waals surface area contributed by atoms with Gasteiger partial charge in [0.25, 0.3) is 0 Å². The Morgan fingerprint density at radius 3 is 2.43 bits per heavy atom. The van der Waals surface area contributed by atoms with E-state index in [0.29, 0.717) is 28.9 Å². The number of halogens is 3. The highest BCUT2D eigenvalue weighted by Gasteiger charge is 2.30. The second-order valence-corrected chi connectivity index (χ2v) is 4.49. The highest BCUT2D eigenvalue weighted by molar-refractivity contribution is 5.89. The molecule has 0 aromatic heterocycles. The second kappa shape index (κ2) is 4.80. The van der Waals surface area contributed by atoms with Crippen molar-refractivity contribution in [1.29, 1.82) is 0 Å². The van der Waals surface area contributed by atoms with Crippen molar-refractivity contribution < 1.29 is 27.4 Å². The summed E-state index contributed by atoms with van der Waals surface area (Å²) in [6.07, 6.45) is -3.86. The second-order valence-electron chi connectivity index (χ2n) is 4.49. The maximum atomic E-state index is 12.8. The molecule has 1 aliphatic rings. The zero-order chi connectivity index (χ0) is 15.0. The van der Waals surface area contributed by atoms with Gasteiger partial charge in [0.2, 0.25) is 6.79 Å². The number of alkyl halides is 3. The van der Waals surface area contributed by atoms with Crippen LogP contribution in [0.5, 0.6) is 11.5 Å². The molecule has 21 heavy (non-hydrogen) atoms. The Balaban J connectivity index is 2.14. The van der Waals surface area contributed by atoms with Gasteiger partial charge in [-0.25, -0.2) is 0 Å². The fourth-order valence-corrected chi connectivity index (χ4v) is 2.17. The molecule has 2 aromatic rings. The highest BCUT2D eigenvalue weighted by Crippen LogP contribution is 2.39. The Morgan fingerprint density at radius 2 is 1.76 bits per heavy atom. The Hall–Kier alpha value is -2.50. The highest BCUT2D eigenvalue weighted by atomic mass is 19.4. The molecule has 0 atom stereocenters. The van der Waals surface area contributed by atoms with Gasteiger partial charge in [-0.3, -0.25) is 4.79 Å². The Kier molecular flexibility index (Phi) is 3.08. The minimum absolute atomic E-state index is 0.0275. The van der Waals surface area contributed by atoms with E-state index in [0.717, 1.165) is 12.1 Å². The topological polar surface area (TPSA) is 35.5 Å². The molecule has 3 nitrogen and oxygen atoms in total. The van der Waals surface area contributed by atoms with Crippen LogP contribution in [0, 0.1) is 0 Å². The molecule has 2 aromatic carbocycles. The van der Waals surface area contributed by atoms with Crippen LogP contribution in [0.1, 0.15) is 15.9 Å². The summed E-state index contributed by atoms with van der Waals surface area (Å²) >= 11 is 0. The van der Waals surface area contributed by atoms with Crippen LogP contribution in [-0.4, -0.2) is 13.1 Å². The quantitative estimate of drug-likeness (QED) is 0.788. The summed E-state index contributed by atoms with van der Waals surface area (Å²) in [4.78, 5) is 11.2. The molecule has 0 saturated carbocycles. The summed E-state index contributed by atoms with van der Waals surface area (Å²) in [5, 5.41) is 0. The molecule has 0 radical (unpaired) electrons. The minimum atomic E-state index is -4.44. The average Bonchev–Trinajstić information content (AvgIpc) is 2.92. The van der Waals surface area contributed by atoms with Gasteiger partial charge in [0.1, 0.15) is 0 Å². The van der Waals surface area contributed by atoms with E-state index in [-0.39, 0.29) is 12.4 Å². The van der Waals surface area contributed by atoms with E-state index in [1.54, 1.807) is 0 Å². The molecule has 0 amide bonds. The summed E-state index contributed by atoms with van der Waals surface area (Å²) in [6.45, 7) is 0.0275. The van der Waals surface area contributed by atoms with Gasteiger partial charge in [-0.2, -0.15) is 13.2 Å². The van der Waals surface area contributed by atoms with Gasteiger partial charge in [0.05, 0.1) is 5.56 Å². The Bertz CT molecular complexity index is 708. The third-order valence-electron chi connectivity index (χ3n) is 3.17. The fraction of sp³-hybridized carbons (Fsp3) is 0.133. The van der Waals surface area contributed by atoms with Crippen molar-refractivity contribution in [2.45, 2.75) is 6.18 Å². The van der Waals surface area contributed by atoms with Crippen molar-refractivity contribution in [2.24, 2.45) is 0 Å². The van der Waals surface area contributed by atoms with E-state index in [9.17, 15) is 18.0 Å². The Morgan fingerprint density at radius 1 is 1.05 bits per heavy atom. The lowest BCUT2D eigenvalue weighted by Gasteiger charge is -2.11. The van der Waals surface area contributed by atoms with Crippen molar-refractivity contribution >= 4 is 6.29 Å². The molecule has 0 fully saturated rings. The van der Waals surface area contributed by atoms with Crippen LogP contribution in [0.3, 0.4) is 0 Å². The van der Waals surface area contributed by atoms with Gasteiger partial charge in [-0.15, -0.1) is 0 Å². The predicted octanol–water partition coefficient (Wildman–Crippen LogP) is 3.91. The molecule has 3 rings (SSSR count). The molecule has 6 heteroatoms. The maximum Gasteiger partial charge on any atom is 0.416 e. The van der Waals surface area contributed by atoms with Crippen molar-refractivity contribution in [3.63, 3.8) is 0 Å². The van der Waals surface area contributed by atoms with Crippen molar-refractivity contribution in [3.8, 4) is 22.6 Å². The summed E-state index contributed by atoms with van der Waals surface area (Å²) in [6, 6.07) is 7.78. The molecule has 0 aliphatic carbocycles. The first kappa shape index (κ1) is 13.5. The molecule has 0 spiro atoms.